The number of hydrogen-bond acceptors (Lipinski definition) is 1. The van der Waals surface area contributed by atoms with Gasteiger partial charge in [0.1, 0.15) is 5.76 Å². The zero-order valence-electron chi connectivity index (χ0n) is 4.56. The lowest BCUT2D eigenvalue weighted by Gasteiger charge is -1.66. The number of hydrogen-bond donors (Lipinski definition) is 0. The van der Waals surface area contributed by atoms with Crippen molar-refractivity contribution in [2.75, 3.05) is 6.66 Å². The van der Waals surface area contributed by atoms with Crippen LogP contribution in [-0.4, -0.2) is 12.8 Å². The third kappa shape index (κ3) is 1.17. The summed E-state index contributed by atoms with van der Waals surface area (Å²) in [5.41, 5.74) is 0. The van der Waals surface area contributed by atoms with E-state index in [4.69, 9.17) is 4.74 Å². The van der Waals surface area contributed by atoms with Crippen LogP contribution in [-0.2, 0) is 4.74 Å². The van der Waals surface area contributed by atoms with Gasteiger partial charge in [0.15, 0.2) is 6.10 Å². The summed E-state index contributed by atoms with van der Waals surface area (Å²) >= 11 is 0. The van der Waals surface area contributed by atoms with Crippen LogP contribution < -0.4 is 0 Å². The van der Waals surface area contributed by atoms with Crippen LogP contribution in [0, 0.1) is 0 Å². The van der Waals surface area contributed by atoms with Crippen molar-refractivity contribution in [2.24, 2.45) is 0 Å². The predicted molar refractivity (Wildman–Crippen MR) is 32.9 cm³/mol. The Labute approximate surface area is 45.5 Å². The van der Waals surface area contributed by atoms with Gasteiger partial charge in [0, 0.05) is 0 Å². The molecule has 2 atom stereocenters. The van der Waals surface area contributed by atoms with Crippen molar-refractivity contribution in [2.45, 2.75) is 13.0 Å². The summed E-state index contributed by atoms with van der Waals surface area (Å²) in [4.78, 5) is 0. The van der Waals surface area contributed by atoms with Crippen LogP contribution in [0.2, 0.25) is 0 Å². The second kappa shape index (κ2) is 1.83. The average molecular weight is 116 g/mol. The van der Waals surface area contributed by atoms with Crippen molar-refractivity contribution < 1.29 is 4.74 Å². The third-order valence-corrected chi connectivity index (χ3v) is 1.52. The van der Waals surface area contributed by atoms with Crippen LogP contribution in [0.4, 0.5) is 0 Å². The van der Waals surface area contributed by atoms with Gasteiger partial charge in [-0.3, -0.25) is 0 Å². The molecule has 1 nitrogen and oxygen atoms in total. The number of rotatable bonds is 1. The lowest BCUT2D eigenvalue weighted by Crippen LogP contribution is -1.60. The Balaban J connectivity index is 2.30. The van der Waals surface area contributed by atoms with E-state index in [0.717, 1.165) is 8.58 Å². The van der Waals surface area contributed by atoms with Gasteiger partial charge in [-0.05, 0) is 19.4 Å². The highest BCUT2D eigenvalue weighted by Crippen LogP contribution is 2.29. The summed E-state index contributed by atoms with van der Waals surface area (Å²) in [7, 11) is 0.900. The molecule has 0 aromatic heterocycles. The molecule has 0 aromatic rings. The van der Waals surface area contributed by atoms with Gasteiger partial charge in [-0.15, -0.1) is 0 Å². The highest BCUT2D eigenvalue weighted by molar-refractivity contribution is 7.40. The molecule has 1 aliphatic rings. The molecule has 0 amide bonds. The molecular formula is C5H9OP. The molecule has 2 unspecified atom stereocenters. The molecule has 1 saturated heterocycles. The van der Waals surface area contributed by atoms with E-state index in [1.54, 1.807) is 0 Å². The molecule has 7 heavy (non-hydrogen) atoms. The third-order valence-electron chi connectivity index (χ3n) is 0.943. The molecule has 0 aliphatic carbocycles. The fraction of sp³-hybridized carbons (Fsp3) is 0.600. The molecule has 0 radical (unpaired) electrons. The summed E-state index contributed by atoms with van der Waals surface area (Å²) in [6.45, 7) is 4.20. The van der Waals surface area contributed by atoms with Gasteiger partial charge < -0.3 is 4.74 Å². The van der Waals surface area contributed by atoms with Gasteiger partial charge in [-0.1, -0.05) is 8.58 Å². The minimum Gasteiger partial charge on any atom is -0.483 e. The average Bonchev–Trinajstić information content (AvgIpc) is 2.22. The van der Waals surface area contributed by atoms with Crippen LogP contribution in [0.25, 0.3) is 0 Å². The SMILES string of the molecule is CP/C=C1/OC1C. The Morgan fingerprint density at radius 3 is 2.57 bits per heavy atom. The molecule has 40 valence electrons. The van der Waals surface area contributed by atoms with Crippen molar-refractivity contribution in [1.82, 2.24) is 0 Å². The smallest absolute Gasteiger partial charge is 0.152 e. The normalized spacial score (nSPS) is 34.6. The maximum Gasteiger partial charge on any atom is 0.152 e. The van der Waals surface area contributed by atoms with Crippen molar-refractivity contribution in [3.8, 4) is 0 Å². The molecule has 0 saturated carbocycles. The lowest BCUT2D eigenvalue weighted by atomic mass is 10.5. The summed E-state index contributed by atoms with van der Waals surface area (Å²) in [6, 6.07) is 0. The van der Waals surface area contributed by atoms with Gasteiger partial charge in [0.25, 0.3) is 0 Å². The van der Waals surface area contributed by atoms with Crippen molar-refractivity contribution >= 4 is 8.58 Å². The molecule has 0 bridgehead atoms. The molecule has 0 N–H and O–H groups in total. The molecule has 1 heterocycles. The summed E-state index contributed by atoms with van der Waals surface area (Å²) < 4.78 is 5.03. The Bertz CT molecular complexity index is 98.3. The maximum atomic E-state index is 5.03. The summed E-state index contributed by atoms with van der Waals surface area (Å²) in [6.07, 6.45) is 0.437. The largest absolute Gasteiger partial charge is 0.483 e. The van der Waals surface area contributed by atoms with E-state index in [-0.39, 0.29) is 0 Å². The minimum atomic E-state index is 0.437. The lowest BCUT2D eigenvalue weighted by molar-refractivity contribution is 0.445. The fourth-order valence-electron chi connectivity index (χ4n) is 0.464. The van der Waals surface area contributed by atoms with Gasteiger partial charge in [-0.2, -0.15) is 0 Å². The molecule has 2 heteroatoms. The number of ether oxygens (including phenoxy) is 1. The van der Waals surface area contributed by atoms with Gasteiger partial charge in [0.05, 0.1) is 0 Å². The predicted octanol–water partition coefficient (Wildman–Crippen LogP) is 1.55. The first-order valence-electron chi connectivity index (χ1n) is 2.38. The quantitative estimate of drug-likeness (QED) is 0.374. The van der Waals surface area contributed by atoms with Crippen molar-refractivity contribution in [1.29, 1.82) is 0 Å². The number of epoxide rings is 1. The molecule has 0 spiro atoms. The zero-order chi connectivity index (χ0) is 5.28. The van der Waals surface area contributed by atoms with Gasteiger partial charge in [0.2, 0.25) is 0 Å². The van der Waals surface area contributed by atoms with Crippen LogP contribution in [0.5, 0.6) is 0 Å². The first-order valence-corrected chi connectivity index (χ1v) is 3.96. The first-order chi connectivity index (χ1) is 3.34. The van der Waals surface area contributed by atoms with Crippen LogP contribution in [0.3, 0.4) is 0 Å². The van der Waals surface area contributed by atoms with E-state index in [0.29, 0.717) is 6.10 Å². The molecule has 1 fully saturated rings. The molecule has 0 aromatic carbocycles. The molecule has 1 rings (SSSR count). The first kappa shape index (κ1) is 5.11. The highest BCUT2D eigenvalue weighted by atomic mass is 31.1. The Kier molecular flexibility index (Phi) is 1.34. The second-order valence-corrected chi connectivity index (χ2v) is 2.46. The van der Waals surface area contributed by atoms with Crippen LogP contribution >= 0.6 is 8.58 Å². The minimum absolute atomic E-state index is 0.437. The highest BCUT2D eigenvalue weighted by Gasteiger charge is 2.25. The molecular weight excluding hydrogens is 107 g/mol. The Hall–Kier alpha value is -0.0300. The summed E-state index contributed by atoms with van der Waals surface area (Å²) in [5.74, 6) is 3.32. The standard InChI is InChI=1S/C5H9OP/c1-4-5(6-4)3-7-2/h3-4,7H,1-2H3/b5-3+. The zero-order valence-corrected chi connectivity index (χ0v) is 5.56. The van der Waals surface area contributed by atoms with E-state index in [1.165, 1.54) is 5.76 Å². The van der Waals surface area contributed by atoms with E-state index >= 15 is 0 Å². The van der Waals surface area contributed by atoms with E-state index in [1.807, 2.05) is 0 Å². The van der Waals surface area contributed by atoms with Gasteiger partial charge >= 0.3 is 0 Å². The van der Waals surface area contributed by atoms with E-state index in [9.17, 15) is 0 Å². The van der Waals surface area contributed by atoms with Gasteiger partial charge in [-0.25, -0.2) is 0 Å². The maximum absolute atomic E-state index is 5.03. The summed E-state index contributed by atoms with van der Waals surface area (Å²) in [5, 5.41) is 0. The van der Waals surface area contributed by atoms with Crippen LogP contribution in [0.15, 0.2) is 11.6 Å². The topological polar surface area (TPSA) is 12.5 Å². The second-order valence-electron chi connectivity index (χ2n) is 1.60. The molecule has 1 aliphatic heterocycles. The fourth-order valence-corrected chi connectivity index (χ4v) is 1.05. The van der Waals surface area contributed by atoms with E-state index in [2.05, 4.69) is 19.4 Å². The Morgan fingerprint density at radius 1 is 1.86 bits per heavy atom. The monoisotopic (exact) mass is 116 g/mol. The van der Waals surface area contributed by atoms with Crippen molar-refractivity contribution in [3.63, 3.8) is 0 Å². The Morgan fingerprint density at radius 2 is 2.43 bits per heavy atom. The van der Waals surface area contributed by atoms with Crippen molar-refractivity contribution in [3.05, 3.63) is 11.6 Å². The van der Waals surface area contributed by atoms with E-state index < -0.39 is 0 Å². The van der Waals surface area contributed by atoms with Crippen LogP contribution in [0.1, 0.15) is 6.92 Å².